The number of imidazole rings is 1. The smallest absolute Gasteiger partial charge is 0.204 e. The quantitative estimate of drug-likeness (QED) is 0.595. The summed E-state index contributed by atoms with van der Waals surface area (Å²) in [6, 6.07) is 10.2. The van der Waals surface area contributed by atoms with Gasteiger partial charge in [-0.15, -0.1) is 0 Å². The molecule has 0 spiro atoms. The largest absolute Gasteiger partial charge is 0.354 e. The predicted molar refractivity (Wildman–Crippen MR) is 93.8 cm³/mol. The number of hydrogen-bond donors (Lipinski definition) is 2. The van der Waals surface area contributed by atoms with E-state index in [4.69, 9.17) is 4.98 Å². The standard InChI is InChI=1S/C18H16N6/c1-11-3-2-4-14(22-11)15-16(24-10-9-21-18(24)23-15)12-5-7-19-17-13(12)6-8-20-17/h2-8H,9-10H2,1H3,(H,19,20)(H,21,23). The van der Waals surface area contributed by atoms with Gasteiger partial charge in [0.2, 0.25) is 5.95 Å². The second-order valence-corrected chi connectivity index (χ2v) is 5.97. The molecule has 118 valence electrons. The van der Waals surface area contributed by atoms with Gasteiger partial charge in [-0.05, 0) is 31.2 Å². The summed E-state index contributed by atoms with van der Waals surface area (Å²) in [4.78, 5) is 17.1. The molecule has 6 nitrogen and oxygen atoms in total. The average Bonchev–Trinajstić information content (AvgIpc) is 3.29. The molecule has 6 heteroatoms. The number of rotatable bonds is 2. The summed E-state index contributed by atoms with van der Waals surface area (Å²) in [6.45, 7) is 3.80. The second kappa shape index (κ2) is 4.92. The number of hydrogen-bond acceptors (Lipinski definition) is 4. The van der Waals surface area contributed by atoms with E-state index in [-0.39, 0.29) is 0 Å². The van der Waals surface area contributed by atoms with Gasteiger partial charge in [-0.25, -0.2) is 9.97 Å². The Labute approximate surface area is 138 Å². The number of pyridine rings is 2. The molecule has 0 unspecified atom stereocenters. The molecule has 4 aromatic heterocycles. The van der Waals surface area contributed by atoms with E-state index in [1.165, 1.54) is 0 Å². The Bertz CT molecular complexity index is 1060. The van der Waals surface area contributed by atoms with Crippen molar-refractivity contribution in [3.8, 4) is 22.6 Å². The van der Waals surface area contributed by atoms with Gasteiger partial charge in [-0.2, -0.15) is 0 Å². The molecule has 0 atom stereocenters. The van der Waals surface area contributed by atoms with Crippen molar-refractivity contribution < 1.29 is 0 Å². The summed E-state index contributed by atoms with van der Waals surface area (Å²) in [6.07, 6.45) is 3.76. The van der Waals surface area contributed by atoms with Crippen molar-refractivity contribution in [3.63, 3.8) is 0 Å². The number of H-pyrrole nitrogens is 1. The highest BCUT2D eigenvalue weighted by Crippen LogP contribution is 2.38. The fraction of sp³-hybridized carbons (Fsp3) is 0.167. The summed E-state index contributed by atoms with van der Waals surface area (Å²) in [7, 11) is 0. The summed E-state index contributed by atoms with van der Waals surface area (Å²) >= 11 is 0. The number of nitrogens with one attached hydrogen (secondary N) is 2. The lowest BCUT2D eigenvalue weighted by Gasteiger charge is -2.09. The number of nitrogens with zero attached hydrogens (tertiary/aromatic N) is 4. The Morgan fingerprint density at radius 1 is 1.12 bits per heavy atom. The van der Waals surface area contributed by atoms with Gasteiger partial charge in [0.1, 0.15) is 11.3 Å². The van der Waals surface area contributed by atoms with Crippen molar-refractivity contribution in [2.75, 3.05) is 11.9 Å². The van der Waals surface area contributed by atoms with Crippen LogP contribution in [0.2, 0.25) is 0 Å². The average molecular weight is 316 g/mol. The maximum absolute atomic E-state index is 4.83. The van der Waals surface area contributed by atoms with E-state index >= 15 is 0 Å². The Kier molecular flexibility index (Phi) is 2.73. The van der Waals surface area contributed by atoms with E-state index < -0.39 is 0 Å². The van der Waals surface area contributed by atoms with Crippen LogP contribution in [0.3, 0.4) is 0 Å². The van der Waals surface area contributed by atoms with Crippen LogP contribution in [0.5, 0.6) is 0 Å². The lowest BCUT2D eigenvalue weighted by molar-refractivity contribution is 0.818. The number of aryl methyl sites for hydroxylation is 1. The van der Waals surface area contributed by atoms with Crippen molar-refractivity contribution in [1.82, 2.24) is 24.5 Å². The molecule has 0 aromatic carbocycles. The molecule has 24 heavy (non-hydrogen) atoms. The fourth-order valence-corrected chi connectivity index (χ4v) is 3.38. The van der Waals surface area contributed by atoms with Crippen molar-refractivity contribution >= 4 is 17.0 Å². The molecule has 0 bridgehead atoms. The Morgan fingerprint density at radius 2 is 2.08 bits per heavy atom. The van der Waals surface area contributed by atoms with E-state index in [1.54, 1.807) is 0 Å². The first-order chi connectivity index (χ1) is 11.8. The summed E-state index contributed by atoms with van der Waals surface area (Å²) in [5, 5.41) is 4.46. The van der Waals surface area contributed by atoms with Crippen LogP contribution in [0.4, 0.5) is 5.95 Å². The van der Waals surface area contributed by atoms with Crippen molar-refractivity contribution in [2.24, 2.45) is 0 Å². The maximum atomic E-state index is 4.83. The molecule has 2 N–H and O–H groups in total. The zero-order valence-electron chi connectivity index (χ0n) is 13.2. The third-order valence-corrected chi connectivity index (χ3v) is 4.43. The molecule has 0 radical (unpaired) electrons. The van der Waals surface area contributed by atoms with Gasteiger partial charge < -0.3 is 14.9 Å². The molecule has 0 saturated heterocycles. The minimum Gasteiger partial charge on any atom is -0.354 e. The third-order valence-electron chi connectivity index (χ3n) is 4.43. The van der Waals surface area contributed by atoms with Gasteiger partial charge >= 0.3 is 0 Å². The molecule has 5 heterocycles. The van der Waals surface area contributed by atoms with Crippen LogP contribution in [-0.4, -0.2) is 31.0 Å². The Balaban J connectivity index is 1.83. The van der Waals surface area contributed by atoms with Gasteiger partial charge in [0.15, 0.2) is 0 Å². The van der Waals surface area contributed by atoms with E-state index in [0.717, 1.165) is 58.4 Å². The van der Waals surface area contributed by atoms with E-state index in [9.17, 15) is 0 Å². The lowest BCUT2D eigenvalue weighted by Crippen LogP contribution is -2.00. The Morgan fingerprint density at radius 3 is 3.00 bits per heavy atom. The molecule has 1 aliphatic heterocycles. The van der Waals surface area contributed by atoms with E-state index in [1.807, 2.05) is 37.5 Å². The minimum absolute atomic E-state index is 0.886. The Hall–Kier alpha value is -3.15. The maximum Gasteiger partial charge on any atom is 0.204 e. The molecule has 1 aliphatic rings. The van der Waals surface area contributed by atoms with E-state index in [2.05, 4.69) is 37.0 Å². The van der Waals surface area contributed by atoms with Gasteiger partial charge in [0.05, 0.1) is 11.4 Å². The van der Waals surface area contributed by atoms with Crippen LogP contribution < -0.4 is 5.32 Å². The van der Waals surface area contributed by atoms with Crippen molar-refractivity contribution in [3.05, 3.63) is 48.4 Å². The molecular weight excluding hydrogens is 300 g/mol. The van der Waals surface area contributed by atoms with Gasteiger partial charge in [0, 0.05) is 42.1 Å². The third kappa shape index (κ3) is 1.86. The SMILES string of the molecule is Cc1cccc(-c2nc3n(c2-c2ccnc4[nH]ccc24)CCN3)n1. The van der Waals surface area contributed by atoms with Crippen molar-refractivity contribution in [1.29, 1.82) is 0 Å². The molecule has 0 aliphatic carbocycles. The highest BCUT2D eigenvalue weighted by molar-refractivity contribution is 5.96. The normalized spacial score (nSPS) is 13.2. The molecule has 4 aromatic rings. The summed E-state index contributed by atoms with van der Waals surface area (Å²) < 4.78 is 2.24. The zero-order chi connectivity index (χ0) is 16.1. The number of anilines is 1. The molecular formula is C18H16N6. The van der Waals surface area contributed by atoms with Gasteiger partial charge in [0.25, 0.3) is 0 Å². The van der Waals surface area contributed by atoms with Crippen LogP contribution >= 0.6 is 0 Å². The molecule has 0 fully saturated rings. The topological polar surface area (TPSA) is 71.4 Å². The first kappa shape index (κ1) is 13.3. The predicted octanol–water partition coefficient (Wildman–Crippen LogP) is 3.22. The minimum atomic E-state index is 0.886. The second-order valence-electron chi connectivity index (χ2n) is 5.97. The highest BCUT2D eigenvalue weighted by atomic mass is 15.3. The van der Waals surface area contributed by atoms with E-state index in [0.29, 0.717) is 0 Å². The highest BCUT2D eigenvalue weighted by Gasteiger charge is 2.25. The lowest BCUT2D eigenvalue weighted by atomic mass is 10.1. The molecule has 5 rings (SSSR count). The van der Waals surface area contributed by atoms with Crippen molar-refractivity contribution in [2.45, 2.75) is 13.5 Å². The fourth-order valence-electron chi connectivity index (χ4n) is 3.38. The monoisotopic (exact) mass is 316 g/mol. The van der Waals surface area contributed by atoms with Crippen LogP contribution in [0.15, 0.2) is 42.7 Å². The van der Waals surface area contributed by atoms with Crippen LogP contribution in [0, 0.1) is 6.92 Å². The van der Waals surface area contributed by atoms with Crippen LogP contribution in [0.25, 0.3) is 33.7 Å². The first-order valence-electron chi connectivity index (χ1n) is 8.02. The number of fused-ring (bicyclic) bond motifs is 2. The number of aromatic nitrogens is 5. The number of aromatic amines is 1. The van der Waals surface area contributed by atoms with Crippen LogP contribution in [0.1, 0.15) is 5.69 Å². The zero-order valence-corrected chi connectivity index (χ0v) is 13.2. The van der Waals surface area contributed by atoms with Crippen LogP contribution in [-0.2, 0) is 6.54 Å². The molecule has 0 amide bonds. The summed E-state index contributed by atoms with van der Waals surface area (Å²) in [5.74, 6) is 0.906. The molecule has 0 saturated carbocycles. The van der Waals surface area contributed by atoms with Gasteiger partial charge in [-0.1, -0.05) is 6.07 Å². The summed E-state index contributed by atoms with van der Waals surface area (Å²) in [5.41, 5.74) is 5.91. The first-order valence-corrected chi connectivity index (χ1v) is 8.02. The van der Waals surface area contributed by atoms with Gasteiger partial charge in [-0.3, -0.25) is 4.98 Å².